The Labute approximate surface area is 99.0 Å². The normalized spacial score (nSPS) is 10.5. The Morgan fingerprint density at radius 1 is 1.29 bits per heavy atom. The maximum Gasteiger partial charge on any atom is 0.0442 e. The molecule has 1 aromatic heterocycles. The third-order valence-corrected chi connectivity index (χ3v) is 2.82. The molecule has 0 aliphatic carbocycles. The highest BCUT2D eigenvalue weighted by molar-refractivity contribution is 9.09. The van der Waals surface area contributed by atoms with E-state index in [1.807, 2.05) is 19.1 Å². The molecule has 0 spiro atoms. The van der Waals surface area contributed by atoms with Gasteiger partial charge in [0.15, 0.2) is 0 Å². The topological polar surface area (TPSA) is 12.9 Å². The molecule has 0 radical (unpaired) electrons. The van der Waals surface area contributed by atoms with Crippen LogP contribution in [0.4, 0.5) is 0 Å². The van der Waals surface area contributed by atoms with Crippen LogP contribution in [0.1, 0.15) is 30.7 Å². The lowest BCUT2D eigenvalue weighted by atomic mass is 10.1. The standard InChI is InChI=1S/C11H15BrClN/c1-9-7-10(13)8-11(14-9)5-3-2-4-6-12/h7-8H,2-6H2,1H3. The van der Waals surface area contributed by atoms with Gasteiger partial charge in [0.05, 0.1) is 0 Å². The smallest absolute Gasteiger partial charge is 0.0442 e. The fourth-order valence-corrected chi connectivity index (χ4v) is 2.08. The number of hydrogen-bond donors (Lipinski definition) is 0. The largest absolute Gasteiger partial charge is 0.258 e. The molecule has 78 valence electrons. The van der Waals surface area contributed by atoms with E-state index in [0.717, 1.165) is 28.2 Å². The molecule has 0 atom stereocenters. The Bertz CT molecular complexity index is 268. The van der Waals surface area contributed by atoms with Crippen molar-refractivity contribution in [3.8, 4) is 0 Å². The molecule has 14 heavy (non-hydrogen) atoms. The van der Waals surface area contributed by atoms with Crippen LogP contribution in [0, 0.1) is 6.92 Å². The van der Waals surface area contributed by atoms with Gasteiger partial charge < -0.3 is 0 Å². The first-order chi connectivity index (χ1) is 6.72. The fraction of sp³-hybridized carbons (Fsp3) is 0.545. The van der Waals surface area contributed by atoms with E-state index in [9.17, 15) is 0 Å². The van der Waals surface area contributed by atoms with Crippen molar-refractivity contribution in [1.82, 2.24) is 4.98 Å². The molecule has 0 N–H and O–H groups in total. The van der Waals surface area contributed by atoms with Crippen molar-refractivity contribution in [2.24, 2.45) is 0 Å². The Morgan fingerprint density at radius 2 is 2.07 bits per heavy atom. The third-order valence-electron chi connectivity index (χ3n) is 2.04. The summed E-state index contributed by atoms with van der Waals surface area (Å²) in [5.41, 5.74) is 2.12. The van der Waals surface area contributed by atoms with Gasteiger partial charge in [-0.25, -0.2) is 0 Å². The molecule has 0 saturated carbocycles. The number of aryl methyl sites for hydroxylation is 2. The lowest BCUT2D eigenvalue weighted by Crippen LogP contribution is -1.93. The van der Waals surface area contributed by atoms with E-state index in [1.54, 1.807) is 0 Å². The highest BCUT2D eigenvalue weighted by Crippen LogP contribution is 2.13. The molecular weight excluding hydrogens is 261 g/mol. The summed E-state index contributed by atoms with van der Waals surface area (Å²) in [5.74, 6) is 0. The SMILES string of the molecule is Cc1cc(Cl)cc(CCCCCBr)n1. The first-order valence-corrected chi connectivity index (χ1v) is 6.41. The lowest BCUT2D eigenvalue weighted by Gasteiger charge is -2.02. The van der Waals surface area contributed by atoms with Gasteiger partial charge in [-0.3, -0.25) is 4.98 Å². The van der Waals surface area contributed by atoms with Gasteiger partial charge in [0.25, 0.3) is 0 Å². The first kappa shape index (κ1) is 12.0. The molecule has 0 fully saturated rings. The van der Waals surface area contributed by atoms with Crippen molar-refractivity contribution in [2.75, 3.05) is 5.33 Å². The summed E-state index contributed by atoms with van der Waals surface area (Å²) in [6, 6.07) is 3.85. The second kappa shape index (κ2) is 6.41. The molecule has 1 aromatic rings. The maximum atomic E-state index is 5.94. The Hall–Kier alpha value is -0.0800. The maximum absolute atomic E-state index is 5.94. The molecule has 0 aliphatic heterocycles. The highest BCUT2D eigenvalue weighted by atomic mass is 79.9. The van der Waals surface area contributed by atoms with Gasteiger partial charge in [-0.2, -0.15) is 0 Å². The van der Waals surface area contributed by atoms with E-state index in [2.05, 4.69) is 20.9 Å². The molecule has 1 rings (SSSR count). The van der Waals surface area contributed by atoms with Crippen LogP contribution in [-0.4, -0.2) is 10.3 Å². The molecular formula is C11H15BrClN. The van der Waals surface area contributed by atoms with E-state index in [-0.39, 0.29) is 0 Å². The molecule has 0 unspecified atom stereocenters. The van der Waals surface area contributed by atoms with Crippen molar-refractivity contribution < 1.29 is 0 Å². The van der Waals surface area contributed by atoms with Gasteiger partial charge in [0.2, 0.25) is 0 Å². The van der Waals surface area contributed by atoms with Crippen molar-refractivity contribution in [1.29, 1.82) is 0 Å². The van der Waals surface area contributed by atoms with E-state index in [1.165, 1.54) is 19.3 Å². The van der Waals surface area contributed by atoms with Gasteiger partial charge in [-0.15, -0.1) is 0 Å². The van der Waals surface area contributed by atoms with Crippen LogP contribution in [0.5, 0.6) is 0 Å². The molecule has 1 nitrogen and oxygen atoms in total. The summed E-state index contributed by atoms with van der Waals surface area (Å²) in [7, 11) is 0. The number of hydrogen-bond acceptors (Lipinski definition) is 1. The van der Waals surface area contributed by atoms with Gasteiger partial charge in [0, 0.05) is 21.7 Å². The van der Waals surface area contributed by atoms with Crippen LogP contribution < -0.4 is 0 Å². The van der Waals surface area contributed by atoms with Crippen molar-refractivity contribution in [3.63, 3.8) is 0 Å². The predicted molar refractivity (Wildman–Crippen MR) is 65.3 cm³/mol. The summed E-state index contributed by atoms with van der Waals surface area (Å²) in [5, 5.41) is 1.89. The molecule has 3 heteroatoms. The van der Waals surface area contributed by atoms with Crippen molar-refractivity contribution in [2.45, 2.75) is 32.6 Å². The molecule has 0 saturated heterocycles. The van der Waals surface area contributed by atoms with E-state index < -0.39 is 0 Å². The van der Waals surface area contributed by atoms with Crippen molar-refractivity contribution in [3.05, 3.63) is 28.5 Å². The fourth-order valence-electron chi connectivity index (χ4n) is 1.40. The zero-order valence-corrected chi connectivity index (χ0v) is 10.7. The average Bonchev–Trinajstić information content (AvgIpc) is 2.11. The number of rotatable bonds is 5. The number of unbranched alkanes of at least 4 members (excludes halogenated alkanes) is 2. The monoisotopic (exact) mass is 275 g/mol. The lowest BCUT2D eigenvalue weighted by molar-refractivity contribution is 0.712. The number of aromatic nitrogens is 1. The highest BCUT2D eigenvalue weighted by Gasteiger charge is 1.98. The zero-order chi connectivity index (χ0) is 10.4. The Balaban J connectivity index is 2.42. The average molecular weight is 277 g/mol. The third kappa shape index (κ3) is 4.43. The van der Waals surface area contributed by atoms with Crippen LogP contribution in [0.3, 0.4) is 0 Å². The molecule has 0 bridgehead atoms. The predicted octanol–water partition coefficient (Wildman–Crippen LogP) is 4.15. The molecule has 0 amide bonds. The summed E-state index contributed by atoms with van der Waals surface area (Å²) in [6.07, 6.45) is 4.71. The number of pyridine rings is 1. The summed E-state index contributed by atoms with van der Waals surface area (Å²) < 4.78 is 0. The van der Waals surface area contributed by atoms with Gasteiger partial charge >= 0.3 is 0 Å². The van der Waals surface area contributed by atoms with Gasteiger partial charge in [-0.05, 0) is 38.3 Å². The minimum absolute atomic E-state index is 0.799. The van der Waals surface area contributed by atoms with Gasteiger partial charge in [-0.1, -0.05) is 34.0 Å². The number of alkyl halides is 1. The minimum Gasteiger partial charge on any atom is -0.258 e. The van der Waals surface area contributed by atoms with Crippen LogP contribution in [0.15, 0.2) is 12.1 Å². The Kier molecular flexibility index (Phi) is 5.49. The zero-order valence-electron chi connectivity index (χ0n) is 8.39. The molecule has 0 aliphatic rings. The second-order valence-electron chi connectivity index (χ2n) is 3.42. The Morgan fingerprint density at radius 3 is 2.71 bits per heavy atom. The van der Waals surface area contributed by atoms with Crippen LogP contribution in [-0.2, 0) is 6.42 Å². The first-order valence-electron chi connectivity index (χ1n) is 4.91. The van der Waals surface area contributed by atoms with E-state index in [0.29, 0.717) is 0 Å². The second-order valence-corrected chi connectivity index (χ2v) is 4.65. The number of halogens is 2. The van der Waals surface area contributed by atoms with Gasteiger partial charge in [0.1, 0.15) is 0 Å². The van der Waals surface area contributed by atoms with Crippen LogP contribution >= 0.6 is 27.5 Å². The van der Waals surface area contributed by atoms with Crippen LogP contribution in [0.25, 0.3) is 0 Å². The molecule has 1 heterocycles. The minimum atomic E-state index is 0.799. The van der Waals surface area contributed by atoms with Crippen LogP contribution in [0.2, 0.25) is 5.02 Å². The molecule has 0 aromatic carbocycles. The van der Waals surface area contributed by atoms with E-state index >= 15 is 0 Å². The number of nitrogens with zero attached hydrogens (tertiary/aromatic N) is 1. The summed E-state index contributed by atoms with van der Waals surface area (Å²) in [4.78, 5) is 4.44. The quantitative estimate of drug-likeness (QED) is 0.581. The van der Waals surface area contributed by atoms with E-state index in [4.69, 9.17) is 11.6 Å². The summed E-state index contributed by atoms with van der Waals surface area (Å²) in [6.45, 7) is 1.98. The summed E-state index contributed by atoms with van der Waals surface area (Å²) >= 11 is 9.37. The van der Waals surface area contributed by atoms with Crippen molar-refractivity contribution >= 4 is 27.5 Å².